The molecule has 49 heavy (non-hydrogen) atoms. The lowest BCUT2D eigenvalue weighted by Crippen LogP contribution is -2.72. The smallest absolute Gasteiger partial charge is 0.180 e. The van der Waals surface area contributed by atoms with Gasteiger partial charge < -0.3 is 0 Å². The third kappa shape index (κ3) is 4.83. The van der Waals surface area contributed by atoms with Gasteiger partial charge in [-0.15, -0.1) is 0 Å². The lowest BCUT2D eigenvalue weighted by molar-refractivity contribution is 1.07. The van der Waals surface area contributed by atoms with Crippen LogP contribution in [0.15, 0.2) is 182 Å². The molecule has 0 spiro atoms. The van der Waals surface area contributed by atoms with Crippen molar-refractivity contribution < 1.29 is 0 Å². The van der Waals surface area contributed by atoms with Crippen LogP contribution in [-0.2, 0) is 0 Å². The number of benzene rings is 6. The Kier molecular flexibility index (Phi) is 7.10. The lowest BCUT2D eigenvalue weighted by Gasteiger charge is -2.31. The Bertz CT molecular complexity index is 2320. The van der Waals surface area contributed by atoms with E-state index in [4.69, 9.17) is 15.0 Å². The summed E-state index contributed by atoms with van der Waals surface area (Å²) in [7, 11) is -2.56. The maximum Gasteiger partial charge on any atom is 0.180 e. The van der Waals surface area contributed by atoms with E-state index in [2.05, 4.69) is 132 Å². The number of hydrogen-bond acceptors (Lipinski definition) is 4. The molecule has 5 heteroatoms. The molecule has 1 aliphatic rings. The molecular weight excluding hydrogens is 613 g/mol. The largest absolute Gasteiger partial charge is 0.265 e. The first kappa shape index (κ1) is 28.9. The van der Waals surface area contributed by atoms with Gasteiger partial charge in [-0.25, -0.2) is 15.0 Å². The van der Waals surface area contributed by atoms with Gasteiger partial charge in [0.1, 0.15) is 0 Å². The van der Waals surface area contributed by atoms with E-state index in [1.54, 1.807) is 12.4 Å². The van der Waals surface area contributed by atoms with Crippen LogP contribution >= 0.6 is 0 Å². The molecule has 0 unspecified atom stereocenters. The first-order valence-corrected chi connectivity index (χ1v) is 18.5. The number of aromatic nitrogens is 4. The number of fused-ring (bicyclic) bond motifs is 3. The van der Waals surface area contributed by atoms with E-state index in [0.29, 0.717) is 17.5 Å². The Morgan fingerprint density at radius 1 is 0.327 bits per heavy atom. The molecule has 0 N–H and O–H groups in total. The number of pyridine rings is 1. The van der Waals surface area contributed by atoms with Gasteiger partial charge in [-0.3, -0.25) is 4.98 Å². The fourth-order valence-electron chi connectivity index (χ4n) is 7.38. The van der Waals surface area contributed by atoms with Crippen molar-refractivity contribution in [3.05, 3.63) is 182 Å². The highest BCUT2D eigenvalue weighted by Gasteiger charge is 2.49. The summed E-state index contributed by atoms with van der Waals surface area (Å²) in [5, 5.41) is 5.66. The van der Waals surface area contributed by atoms with Crippen LogP contribution in [0.2, 0.25) is 0 Å². The highest BCUT2D eigenvalue weighted by molar-refractivity contribution is 7.22. The van der Waals surface area contributed by atoms with Crippen LogP contribution in [0, 0.1) is 0 Å². The van der Waals surface area contributed by atoms with Gasteiger partial charge in [0.2, 0.25) is 0 Å². The summed E-state index contributed by atoms with van der Waals surface area (Å²) < 4.78 is 0. The van der Waals surface area contributed by atoms with Crippen LogP contribution in [0.25, 0.3) is 56.4 Å². The summed E-state index contributed by atoms with van der Waals surface area (Å²) in [6.07, 6.45) is 3.53. The molecule has 8 aromatic rings. The van der Waals surface area contributed by atoms with Crippen molar-refractivity contribution >= 4 is 28.8 Å². The van der Waals surface area contributed by atoms with Gasteiger partial charge in [0.05, 0.1) is 0 Å². The monoisotopic (exact) mass is 642 g/mol. The van der Waals surface area contributed by atoms with Crippen LogP contribution in [-0.4, -0.2) is 28.0 Å². The number of rotatable bonds is 6. The standard InChI is InChI=1S/C44H30N4Si/c1-4-13-32(14-5-1)42-46-43(48-44(47-42)34-27-29-45-30-28-34)33-25-23-31(24-26-33)37-20-12-22-40-41(37)38-19-10-11-21-39(38)49(40,35-15-6-2-7-16-35)36-17-8-3-9-18-36/h1-30H. The number of hydrogen-bond donors (Lipinski definition) is 0. The van der Waals surface area contributed by atoms with Gasteiger partial charge in [0.15, 0.2) is 25.5 Å². The molecule has 6 aromatic carbocycles. The van der Waals surface area contributed by atoms with Gasteiger partial charge in [-0.1, -0.05) is 158 Å². The highest BCUT2D eigenvalue weighted by atomic mass is 28.3. The third-order valence-corrected chi connectivity index (χ3v) is 14.4. The van der Waals surface area contributed by atoms with Gasteiger partial charge >= 0.3 is 0 Å². The maximum atomic E-state index is 4.94. The fourth-order valence-corrected chi connectivity index (χ4v) is 12.6. The summed E-state index contributed by atoms with van der Waals surface area (Å²) in [5.41, 5.74) is 7.82. The minimum absolute atomic E-state index is 0.621. The summed E-state index contributed by atoms with van der Waals surface area (Å²) in [6.45, 7) is 0. The predicted octanol–water partition coefficient (Wildman–Crippen LogP) is 7.29. The average molecular weight is 643 g/mol. The minimum atomic E-state index is -2.56. The Hall–Kier alpha value is -6.30. The molecule has 2 aromatic heterocycles. The summed E-state index contributed by atoms with van der Waals surface area (Å²) in [4.78, 5) is 18.9. The first-order valence-electron chi connectivity index (χ1n) is 16.5. The van der Waals surface area contributed by atoms with Crippen LogP contribution in [0.5, 0.6) is 0 Å². The SMILES string of the molecule is c1ccc(-c2nc(-c3ccncc3)nc(-c3ccc(-c4cccc5c4-c4ccccc4[Si]5(c4ccccc4)c4ccccc4)cc3)n2)cc1. The van der Waals surface area contributed by atoms with Gasteiger partial charge in [0.25, 0.3) is 0 Å². The first-order chi connectivity index (χ1) is 24.3. The Morgan fingerprint density at radius 2 is 0.776 bits per heavy atom. The van der Waals surface area contributed by atoms with E-state index in [1.807, 2.05) is 42.5 Å². The highest BCUT2D eigenvalue weighted by Crippen LogP contribution is 2.37. The van der Waals surface area contributed by atoms with Gasteiger partial charge in [-0.2, -0.15) is 0 Å². The quantitative estimate of drug-likeness (QED) is 0.179. The van der Waals surface area contributed by atoms with Crippen LogP contribution in [0.3, 0.4) is 0 Å². The zero-order valence-electron chi connectivity index (χ0n) is 26.6. The van der Waals surface area contributed by atoms with E-state index in [9.17, 15) is 0 Å². The van der Waals surface area contributed by atoms with E-state index in [0.717, 1.165) is 22.3 Å². The normalized spacial score (nSPS) is 12.7. The van der Waals surface area contributed by atoms with Crippen molar-refractivity contribution in [2.75, 3.05) is 0 Å². The van der Waals surface area contributed by atoms with Crippen molar-refractivity contribution in [1.29, 1.82) is 0 Å². The molecular formula is C44H30N4Si. The maximum absolute atomic E-state index is 4.94. The molecule has 0 saturated carbocycles. The Morgan fingerprint density at radius 3 is 1.39 bits per heavy atom. The molecule has 9 rings (SSSR count). The molecule has 0 fully saturated rings. The lowest BCUT2D eigenvalue weighted by atomic mass is 9.94. The molecule has 0 saturated heterocycles. The molecule has 0 amide bonds. The average Bonchev–Trinajstić information content (AvgIpc) is 3.50. The fraction of sp³-hybridized carbons (Fsp3) is 0. The molecule has 230 valence electrons. The van der Waals surface area contributed by atoms with E-state index < -0.39 is 8.07 Å². The van der Waals surface area contributed by atoms with Crippen LogP contribution in [0.4, 0.5) is 0 Å². The number of nitrogens with zero attached hydrogens (tertiary/aromatic N) is 4. The second-order valence-corrected chi connectivity index (χ2v) is 16.0. The Balaban J connectivity index is 1.20. The minimum Gasteiger partial charge on any atom is -0.265 e. The van der Waals surface area contributed by atoms with E-state index in [1.165, 1.54) is 37.4 Å². The van der Waals surface area contributed by atoms with Crippen LogP contribution < -0.4 is 20.7 Å². The third-order valence-electron chi connectivity index (χ3n) is 9.54. The summed E-state index contributed by atoms with van der Waals surface area (Å²) in [6, 6.07) is 60.8. The molecule has 4 nitrogen and oxygen atoms in total. The topological polar surface area (TPSA) is 51.6 Å². The van der Waals surface area contributed by atoms with Crippen molar-refractivity contribution in [1.82, 2.24) is 19.9 Å². The molecule has 3 heterocycles. The molecule has 0 radical (unpaired) electrons. The zero-order chi connectivity index (χ0) is 32.6. The Labute approximate surface area is 286 Å². The molecule has 0 atom stereocenters. The molecule has 0 aliphatic carbocycles. The zero-order valence-corrected chi connectivity index (χ0v) is 27.6. The predicted molar refractivity (Wildman–Crippen MR) is 202 cm³/mol. The second kappa shape index (κ2) is 12.1. The molecule has 1 aliphatic heterocycles. The van der Waals surface area contributed by atoms with Gasteiger partial charge in [0, 0.05) is 29.1 Å². The van der Waals surface area contributed by atoms with E-state index >= 15 is 0 Å². The van der Waals surface area contributed by atoms with Crippen molar-refractivity contribution in [3.8, 4) is 56.4 Å². The summed E-state index contributed by atoms with van der Waals surface area (Å²) in [5.74, 6) is 1.90. The van der Waals surface area contributed by atoms with E-state index in [-0.39, 0.29) is 0 Å². The van der Waals surface area contributed by atoms with Crippen molar-refractivity contribution in [2.45, 2.75) is 0 Å². The second-order valence-electron chi connectivity index (χ2n) is 12.2. The molecule has 0 bridgehead atoms. The van der Waals surface area contributed by atoms with Crippen LogP contribution in [0.1, 0.15) is 0 Å². The summed E-state index contributed by atoms with van der Waals surface area (Å²) >= 11 is 0. The van der Waals surface area contributed by atoms with Crippen molar-refractivity contribution in [3.63, 3.8) is 0 Å². The van der Waals surface area contributed by atoms with Crippen molar-refractivity contribution in [2.24, 2.45) is 0 Å². The van der Waals surface area contributed by atoms with Gasteiger partial charge in [-0.05, 0) is 55.1 Å².